The van der Waals surface area contributed by atoms with Crippen LogP contribution in [-0.2, 0) is 13.0 Å². The Kier molecular flexibility index (Phi) is 4.65. The molecule has 2 aliphatic heterocycles. The number of carbonyl (C=O) groups is 1. The smallest absolute Gasteiger partial charge is 0.256 e. The molecule has 1 aromatic carbocycles. The summed E-state index contributed by atoms with van der Waals surface area (Å²) in [6.07, 6.45) is 0.540. The number of benzene rings is 1. The van der Waals surface area contributed by atoms with Gasteiger partial charge in [0.1, 0.15) is 16.5 Å². The molecule has 0 spiro atoms. The number of nitrogens with zero attached hydrogens (tertiary/aromatic N) is 1. The zero-order chi connectivity index (χ0) is 20.1. The fourth-order valence-corrected chi connectivity index (χ4v) is 5.42. The molecule has 0 fully saturated rings. The van der Waals surface area contributed by atoms with Crippen LogP contribution >= 0.6 is 22.9 Å². The van der Waals surface area contributed by atoms with Crippen LogP contribution in [0.1, 0.15) is 46.6 Å². The minimum absolute atomic E-state index is 0.0244. The van der Waals surface area contributed by atoms with Crippen molar-refractivity contribution in [1.29, 1.82) is 0 Å². The highest BCUT2D eigenvalue weighted by Crippen LogP contribution is 2.41. The van der Waals surface area contributed by atoms with Crippen molar-refractivity contribution in [3.8, 4) is 11.3 Å². The Morgan fingerprint density at radius 2 is 1.97 bits per heavy atom. The number of carbonyl (C=O) groups excluding carboxylic acids is 1. The van der Waals surface area contributed by atoms with Gasteiger partial charge in [0.2, 0.25) is 0 Å². The van der Waals surface area contributed by atoms with E-state index >= 15 is 0 Å². The molecular weight excluding hydrogens is 406 g/mol. The third-order valence-electron chi connectivity index (χ3n) is 5.63. The van der Waals surface area contributed by atoms with Crippen LogP contribution in [0.25, 0.3) is 11.3 Å². The van der Waals surface area contributed by atoms with Gasteiger partial charge in [-0.2, -0.15) is 0 Å². The first-order valence-corrected chi connectivity index (χ1v) is 11.0. The molecule has 150 valence electrons. The second kappa shape index (κ2) is 7.20. The van der Waals surface area contributed by atoms with E-state index in [1.165, 1.54) is 10.4 Å². The summed E-state index contributed by atoms with van der Waals surface area (Å²) in [6, 6.07) is 11.8. The van der Waals surface area contributed by atoms with E-state index in [4.69, 9.17) is 16.0 Å². The molecule has 5 rings (SSSR count). The van der Waals surface area contributed by atoms with Gasteiger partial charge in [0.25, 0.3) is 5.91 Å². The Morgan fingerprint density at radius 1 is 1.17 bits per heavy atom. The van der Waals surface area contributed by atoms with Crippen molar-refractivity contribution in [3.05, 3.63) is 63.2 Å². The van der Waals surface area contributed by atoms with E-state index in [9.17, 15) is 4.79 Å². The molecule has 1 amide bonds. The van der Waals surface area contributed by atoms with Gasteiger partial charge in [0.05, 0.1) is 5.56 Å². The zero-order valence-corrected chi connectivity index (χ0v) is 17.9. The molecule has 0 unspecified atom stereocenters. The normalized spacial score (nSPS) is 18.9. The molecule has 29 heavy (non-hydrogen) atoms. The number of thiophene rings is 1. The monoisotopic (exact) mass is 427 g/mol. The van der Waals surface area contributed by atoms with Gasteiger partial charge in [-0.25, -0.2) is 0 Å². The predicted molar refractivity (Wildman–Crippen MR) is 117 cm³/mol. The number of rotatable bonds is 3. The number of furan rings is 1. The van der Waals surface area contributed by atoms with Crippen molar-refractivity contribution in [3.63, 3.8) is 0 Å². The van der Waals surface area contributed by atoms with Gasteiger partial charge < -0.3 is 15.1 Å². The van der Waals surface area contributed by atoms with Crippen molar-refractivity contribution in [2.24, 2.45) is 0 Å². The molecule has 1 atom stereocenters. The van der Waals surface area contributed by atoms with Crippen LogP contribution in [0.2, 0.25) is 5.02 Å². The largest absolute Gasteiger partial charge is 0.457 e. The molecule has 0 radical (unpaired) electrons. The quantitative estimate of drug-likeness (QED) is 0.596. The van der Waals surface area contributed by atoms with Crippen LogP contribution in [-0.4, -0.2) is 23.4 Å². The van der Waals surface area contributed by atoms with Gasteiger partial charge >= 0.3 is 0 Å². The van der Waals surface area contributed by atoms with Crippen LogP contribution in [0, 0.1) is 0 Å². The summed E-state index contributed by atoms with van der Waals surface area (Å²) in [5.41, 5.74) is 2.96. The van der Waals surface area contributed by atoms with Crippen LogP contribution in [0.5, 0.6) is 0 Å². The van der Waals surface area contributed by atoms with E-state index in [-0.39, 0.29) is 12.1 Å². The number of amides is 1. The number of nitrogens with one attached hydrogen (secondary N) is 2. The Balaban J connectivity index is 1.41. The molecule has 3 aromatic rings. The van der Waals surface area contributed by atoms with Crippen molar-refractivity contribution >= 4 is 33.8 Å². The highest BCUT2D eigenvalue weighted by Gasteiger charge is 2.34. The van der Waals surface area contributed by atoms with E-state index in [0.29, 0.717) is 16.8 Å². The van der Waals surface area contributed by atoms with Gasteiger partial charge in [0.15, 0.2) is 6.17 Å². The maximum Gasteiger partial charge on any atom is 0.256 e. The summed E-state index contributed by atoms with van der Waals surface area (Å²) in [7, 11) is 0. The number of anilines is 1. The van der Waals surface area contributed by atoms with Gasteiger partial charge in [-0.15, -0.1) is 11.3 Å². The summed E-state index contributed by atoms with van der Waals surface area (Å²) in [4.78, 5) is 16.7. The first kappa shape index (κ1) is 18.7. The van der Waals surface area contributed by atoms with Gasteiger partial charge in [-0.05, 0) is 62.2 Å². The topological polar surface area (TPSA) is 57.5 Å². The zero-order valence-electron chi connectivity index (χ0n) is 16.3. The van der Waals surface area contributed by atoms with Crippen LogP contribution < -0.4 is 10.6 Å². The first-order valence-electron chi connectivity index (χ1n) is 9.81. The number of hydrogen-bond acceptors (Lipinski definition) is 5. The highest BCUT2D eigenvalue weighted by atomic mass is 35.5. The third-order valence-corrected chi connectivity index (χ3v) is 7.03. The molecule has 7 heteroatoms. The summed E-state index contributed by atoms with van der Waals surface area (Å²) < 4.78 is 6.04. The van der Waals surface area contributed by atoms with Crippen molar-refractivity contribution < 1.29 is 9.21 Å². The number of fused-ring (bicyclic) bond motifs is 3. The fraction of sp³-hybridized carbons (Fsp3) is 0.318. The maximum atomic E-state index is 12.9. The summed E-state index contributed by atoms with van der Waals surface area (Å²) in [6.45, 7) is 6.34. The minimum atomic E-state index is -0.377. The molecule has 0 saturated carbocycles. The lowest BCUT2D eigenvalue weighted by Crippen LogP contribution is -2.39. The van der Waals surface area contributed by atoms with E-state index in [2.05, 4.69) is 29.4 Å². The Bertz CT molecular complexity index is 1070. The molecule has 0 aliphatic carbocycles. The minimum Gasteiger partial charge on any atom is -0.457 e. The van der Waals surface area contributed by atoms with Crippen LogP contribution in [0.3, 0.4) is 0 Å². The van der Waals surface area contributed by atoms with Gasteiger partial charge in [-0.1, -0.05) is 11.6 Å². The van der Waals surface area contributed by atoms with E-state index in [0.717, 1.165) is 41.4 Å². The lowest BCUT2D eigenvalue weighted by molar-refractivity contribution is 0.0930. The SMILES string of the molecule is CC(C)N1CCc2c(sc3c2C(=O)N[C@H](c2ccc(-c4ccc(Cl)cc4)o2)N3)C1. The summed E-state index contributed by atoms with van der Waals surface area (Å²) in [5, 5.41) is 8.16. The summed E-state index contributed by atoms with van der Waals surface area (Å²) in [5.74, 6) is 1.41. The standard InChI is InChI=1S/C22H22ClN3O2S/c1-12(2)26-10-9-15-18(11-26)29-22-19(15)21(27)24-20(25-22)17-8-7-16(28-17)13-3-5-14(23)6-4-13/h3-8,12,20,25H,9-11H2,1-2H3,(H,24,27)/t20-/m0/s1. The molecule has 5 nitrogen and oxygen atoms in total. The average Bonchev–Trinajstić information content (AvgIpc) is 3.32. The van der Waals surface area contributed by atoms with Crippen LogP contribution in [0.4, 0.5) is 5.00 Å². The molecule has 2 aliphatic rings. The average molecular weight is 428 g/mol. The van der Waals surface area contributed by atoms with E-state index in [1.807, 2.05) is 36.4 Å². The van der Waals surface area contributed by atoms with Gasteiger partial charge in [-0.3, -0.25) is 9.69 Å². The Hall–Kier alpha value is -2.28. The second-order valence-corrected chi connectivity index (χ2v) is 9.32. The van der Waals surface area contributed by atoms with E-state index < -0.39 is 0 Å². The Morgan fingerprint density at radius 3 is 2.72 bits per heavy atom. The highest BCUT2D eigenvalue weighted by molar-refractivity contribution is 7.16. The lowest BCUT2D eigenvalue weighted by atomic mass is 10.0. The van der Waals surface area contributed by atoms with Crippen molar-refractivity contribution in [2.45, 2.75) is 39.0 Å². The maximum absolute atomic E-state index is 12.9. The molecule has 0 bridgehead atoms. The first-order chi connectivity index (χ1) is 14.0. The van der Waals surface area contributed by atoms with E-state index in [1.54, 1.807) is 11.3 Å². The molecule has 2 aromatic heterocycles. The second-order valence-electron chi connectivity index (χ2n) is 7.78. The molecule has 2 N–H and O–H groups in total. The molecule has 4 heterocycles. The summed E-state index contributed by atoms with van der Waals surface area (Å²) >= 11 is 7.67. The lowest BCUT2D eigenvalue weighted by Gasteiger charge is -2.30. The molecular formula is C22H22ClN3O2S. The number of halogens is 1. The van der Waals surface area contributed by atoms with Crippen molar-refractivity contribution in [1.82, 2.24) is 10.2 Å². The third kappa shape index (κ3) is 3.35. The number of hydrogen-bond donors (Lipinski definition) is 2. The van der Waals surface area contributed by atoms with Gasteiger partial charge in [0, 0.05) is 34.6 Å². The fourth-order valence-electron chi connectivity index (χ4n) is 4.00. The Labute approximate surface area is 178 Å². The predicted octanol–water partition coefficient (Wildman–Crippen LogP) is 5.28. The van der Waals surface area contributed by atoms with Crippen molar-refractivity contribution in [2.75, 3.05) is 11.9 Å². The molecule has 0 saturated heterocycles. The van der Waals surface area contributed by atoms with Crippen LogP contribution in [0.15, 0.2) is 40.8 Å².